The fraction of sp³-hybridized carbons (Fsp3) is 0.429. The van der Waals surface area contributed by atoms with Gasteiger partial charge in [0.25, 0.3) is 10.1 Å². The summed E-state index contributed by atoms with van der Waals surface area (Å²) in [5.74, 6) is -0.863. The number of hydrogen-bond donors (Lipinski definition) is 1. The van der Waals surface area contributed by atoms with E-state index in [0.29, 0.717) is 35.2 Å². The van der Waals surface area contributed by atoms with Crippen molar-refractivity contribution < 1.29 is 36.8 Å². The van der Waals surface area contributed by atoms with Gasteiger partial charge in [0.1, 0.15) is 12.4 Å². The molecule has 1 amide bonds. The summed E-state index contributed by atoms with van der Waals surface area (Å²) in [6.07, 6.45) is 2.07. The summed E-state index contributed by atoms with van der Waals surface area (Å²) in [4.78, 5) is 28.3. The van der Waals surface area contributed by atoms with E-state index in [2.05, 4.69) is 0 Å². The highest BCUT2D eigenvalue weighted by molar-refractivity contribution is 7.85. The Balaban J connectivity index is 1.46. The van der Waals surface area contributed by atoms with Gasteiger partial charge in [-0.15, -0.1) is 0 Å². The van der Waals surface area contributed by atoms with E-state index in [0.717, 1.165) is 24.0 Å². The van der Waals surface area contributed by atoms with Gasteiger partial charge in [-0.1, -0.05) is 35.9 Å². The lowest BCUT2D eigenvalue weighted by atomic mass is 9.83. The normalized spacial score (nSPS) is 19.9. The van der Waals surface area contributed by atoms with E-state index >= 15 is 0 Å². The Kier molecular flexibility index (Phi) is 9.66. The number of halogens is 1. The highest BCUT2D eigenvalue weighted by Crippen LogP contribution is 2.38. The van der Waals surface area contributed by atoms with Crippen LogP contribution in [0, 0.1) is 0 Å². The van der Waals surface area contributed by atoms with Crippen molar-refractivity contribution in [2.24, 2.45) is 0 Å². The minimum absolute atomic E-state index is 0.0195. The predicted octanol–water partition coefficient (Wildman–Crippen LogP) is 4.51. The van der Waals surface area contributed by atoms with Crippen LogP contribution in [0.2, 0.25) is 5.02 Å². The number of nitrogens with zero attached hydrogens (tertiary/aromatic N) is 1. The number of rotatable bonds is 11. The molecule has 2 atom stereocenters. The maximum atomic E-state index is 13.5. The number of esters is 1. The molecule has 210 valence electrons. The number of carbonyl (C=O) groups excluding carboxylic acids is 2. The topological polar surface area (TPSA) is 119 Å². The summed E-state index contributed by atoms with van der Waals surface area (Å²) < 4.78 is 47.3. The first-order valence-corrected chi connectivity index (χ1v) is 14.8. The molecule has 39 heavy (non-hydrogen) atoms. The molecule has 2 aliphatic rings. The second-order valence-corrected chi connectivity index (χ2v) is 11.7. The van der Waals surface area contributed by atoms with Crippen LogP contribution in [-0.4, -0.2) is 61.4 Å². The van der Waals surface area contributed by atoms with Crippen molar-refractivity contribution in [3.8, 4) is 5.75 Å². The molecule has 2 aromatic carbocycles. The van der Waals surface area contributed by atoms with Gasteiger partial charge in [-0.3, -0.25) is 9.35 Å². The van der Waals surface area contributed by atoms with E-state index in [1.54, 1.807) is 48.2 Å². The van der Waals surface area contributed by atoms with Crippen molar-refractivity contribution in [1.29, 1.82) is 0 Å². The lowest BCUT2D eigenvalue weighted by Crippen LogP contribution is -2.42. The molecule has 1 saturated heterocycles. The summed E-state index contributed by atoms with van der Waals surface area (Å²) in [7, 11) is -4.02. The average Bonchev–Trinajstić information content (AvgIpc) is 3.41. The average molecular weight is 578 g/mol. The van der Waals surface area contributed by atoms with E-state index in [1.165, 1.54) is 0 Å². The number of benzene rings is 2. The molecule has 0 unspecified atom stereocenters. The molecule has 0 saturated carbocycles. The van der Waals surface area contributed by atoms with Crippen LogP contribution in [0.15, 0.2) is 59.8 Å². The molecule has 0 radical (unpaired) electrons. The Morgan fingerprint density at radius 1 is 1.15 bits per heavy atom. The van der Waals surface area contributed by atoms with E-state index in [-0.39, 0.29) is 43.8 Å². The smallest absolute Gasteiger partial charge is 0.336 e. The molecule has 0 spiro atoms. The van der Waals surface area contributed by atoms with Crippen LogP contribution in [0.4, 0.5) is 0 Å². The van der Waals surface area contributed by atoms with Crippen LogP contribution in [0.25, 0.3) is 0 Å². The monoisotopic (exact) mass is 577 g/mol. The molecule has 11 heteroatoms. The molecule has 0 aromatic heterocycles. The number of hydrogen-bond acceptors (Lipinski definition) is 7. The highest BCUT2D eigenvalue weighted by Gasteiger charge is 2.38. The summed E-state index contributed by atoms with van der Waals surface area (Å²) in [5, 5.41) is 0.566. The predicted molar refractivity (Wildman–Crippen MR) is 145 cm³/mol. The largest absolute Gasteiger partial charge is 0.494 e. The number of ether oxygens (including phenoxy) is 3. The Morgan fingerprint density at radius 2 is 1.87 bits per heavy atom. The number of amides is 1. The van der Waals surface area contributed by atoms with Crippen LogP contribution in [-0.2, 0) is 35.8 Å². The van der Waals surface area contributed by atoms with Crippen molar-refractivity contribution in [3.63, 3.8) is 0 Å². The van der Waals surface area contributed by atoms with Crippen molar-refractivity contribution in [2.45, 2.75) is 51.2 Å². The summed E-state index contributed by atoms with van der Waals surface area (Å²) in [6, 6.07) is 14.0. The quantitative estimate of drug-likeness (QED) is 0.235. The van der Waals surface area contributed by atoms with Crippen molar-refractivity contribution >= 4 is 33.6 Å². The zero-order chi connectivity index (χ0) is 28.0. The minimum atomic E-state index is -4.02. The van der Waals surface area contributed by atoms with Gasteiger partial charge in [0.05, 0.1) is 30.6 Å². The van der Waals surface area contributed by atoms with Crippen molar-refractivity contribution in [3.05, 3.63) is 76.0 Å². The Labute approximate surface area is 233 Å². The zero-order valence-electron chi connectivity index (χ0n) is 21.7. The Hall–Kier alpha value is -2.92. The van der Waals surface area contributed by atoms with Crippen LogP contribution >= 0.6 is 11.6 Å². The second kappa shape index (κ2) is 13.0. The zero-order valence-corrected chi connectivity index (χ0v) is 23.2. The highest BCUT2D eigenvalue weighted by atomic mass is 35.5. The van der Waals surface area contributed by atoms with Gasteiger partial charge < -0.3 is 19.1 Å². The third-order valence-electron chi connectivity index (χ3n) is 6.83. The van der Waals surface area contributed by atoms with Gasteiger partial charge in [0, 0.05) is 29.7 Å². The van der Waals surface area contributed by atoms with Gasteiger partial charge >= 0.3 is 5.97 Å². The van der Waals surface area contributed by atoms with Gasteiger partial charge in [0.15, 0.2) is 0 Å². The Morgan fingerprint density at radius 3 is 2.51 bits per heavy atom. The molecule has 2 aromatic rings. The number of carbonyl (C=O) groups is 2. The molecule has 2 heterocycles. The molecule has 9 nitrogen and oxygen atoms in total. The maximum Gasteiger partial charge on any atom is 0.336 e. The van der Waals surface area contributed by atoms with E-state index in [4.69, 9.17) is 30.4 Å². The van der Waals surface area contributed by atoms with Gasteiger partial charge in [-0.25, -0.2) is 4.79 Å². The molecule has 1 N–H and O–H groups in total. The summed E-state index contributed by atoms with van der Waals surface area (Å²) >= 11 is 6.07. The van der Waals surface area contributed by atoms with Gasteiger partial charge in [-0.05, 0) is 61.6 Å². The van der Waals surface area contributed by atoms with E-state index in [1.807, 2.05) is 12.1 Å². The first-order valence-electron chi connectivity index (χ1n) is 12.8. The first kappa shape index (κ1) is 29.1. The fourth-order valence-electron chi connectivity index (χ4n) is 4.81. The van der Waals surface area contributed by atoms with Crippen LogP contribution in [0.3, 0.4) is 0 Å². The minimum Gasteiger partial charge on any atom is -0.494 e. The molecular formula is C28H32ClNO8S. The summed E-state index contributed by atoms with van der Waals surface area (Å²) in [5.41, 5.74) is 2.55. The van der Waals surface area contributed by atoms with Crippen LogP contribution in [0.1, 0.15) is 49.7 Å². The molecule has 0 aliphatic carbocycles. The van der Waals surface area contributed by atoms with Crippen LogP contribution in [0.5, 0.6) is 5.75 Å². The molecular weight excluding hydrogens is 546 g/mol. The van der Waals surface area contributed by atoms with E-state index in [9.17, 15) is 18.0 Å². The van der Waals surface area contributed by atoms with Crippen LogP contribution < -0.4 is 4.74 Å². The molecule has 1 fully saturated rings. The number of allylic oxidation sites excluding steroid dienone is 1. The maximum absolute atomic E-state index is 13.5. The first-order chi connectivity index (χ1) is 18.6. The third-order valence-corrected chi connectivity index (χ3v) is 7.89. The Bertz CT molecular complexity index is 1300. The molecule has 0 bridgehead atoms. The molecule has 4 rings (SSSR count). The SMILES string of the molecule is CC1=C(C(=O)OCc2ccc(OCCCS(=O)(=O)O)cc2)[C@H](c2ccc(Cl)cc2)CC(=O)N1C[C@@H]1CCCO1. The molecule has 2 aliphatic heterocycles. The second-order valence-electron chi connectivity index (χ2n) is 9.65. The van der Waals surface area contributed by atoms with Gasteiger partial charge in [0.2, 0.25) is 5.91 Å². The standard InChI is InChI=1S/C28H32ClNO8S/c1-19-27(28(32)38-18-20-5-11-23(12-6-20)36-14-3-15-39(33,34)35)25(21-7-9-22(29)10-8-21)16-26(31)30(19)17-24-4-2-13-37-24/h5-12,24-25H,2-4,13-18H2,1H3,(H,33,34,35)/t24-,25-/m0/s1. The van der Waals surface area contributed by atoms with E-state index < -0.39 is 22.0 Å². The van der Waals surface area contributed by atoms with Crippen molar-refractivity contribution in [2.75, 3.05) is 25.5 Å². The van der Waals surface area contributed by atoms with Crippen molar-refractivity contribution in [1.82, 2.24) is 4.90 Å². The summed E-state index contributed by atoms with van der Waals surface area (Å²) in [6.45, 7) is 3.01. The van der Waals surface area contributed by atoms with Gasteiger partial charge in [-0.2, -0.15) is 8.42 Å². The lowest BCUT2D eigenvalue weighted by molar-refractivity contribution is -0.141. The third kappa shape index (κ3) is 8.04. The lowest BCUT2D eigenvalue weighted by Gasteiger charge is -2.35. The fourth-order valence-corrected chi connectivity index (χ4v) is 5.42.